The zero-order valence-electron chi connectivity index (χ0n) is 9.82. The highest BCUT2D eigenvalue weighted by Gasteiger charge is 2.16. The number of rotatable bonds is 4. The lowest BCUT2D eigenvalue weighted by atomic mass is 10.2. The summed E-state index contributed by atoms with van der Waals surface area (Å²) in [6.45, 7) is 0.543. The van der Waals surface area contributed by atoms with Gasteiger partial charge in [-0.15, -0.1) is 0 Å². The summed E-state index contributed by atoms with van der Waals surface area (Å²) in [5.41, 5.74) is 0.976. The van der Waals surface area contributed by atoms with Crippen LogP contribution in [0, 0.1) is 0 Å². The maximum Gasteiger partial charge on any atom is 0.358 e. The maximum absolute atomic E-state index is 11.0. The number of carboxylic acid groups (broad SMARTS) is 1. The first-order valence-corrected chi connectivity index (χ1v) is 5.33. The lowest BCUT2D eigenvalue weighted by molar-refractivity contribution is 0.0690. The van der Waals surface area contributed by atoms with Crippen LogP contribution >= 0.6 is 0 Å². The number of nitrogens with zero attached hydrogens (tertiary/aromatic N) is 4. The van der Waals surface area contributed by atoms with Gasteiger partial charge in [-0.2, -0.15) is 0 Å². The monoisotopic (exact) mass is 244 g/mol. The topological polar surface area (TPSA) is 79.2 Å². The van der Waals surface area contributed by atoms with Crippen molar-refractivity contribution in [2.24, 2.45) is 0 Å². The highest BCUT2D eigenvalue weighted by atomic mass is 16.4. The van der Waals surface area contributed by atoms with Gasteiger partial charge >= 0.3 is 5.97 Å². The zero-order chi connectivity index (χ0) is 13.0. The van der Waals surface area contributed by atoms with Gasteiger partial charge in [0.25, 0.3) is 0 Å². The fourth-order valence-corrected chi connectivity index (χ4v) is 1.60. The molecule has 0 amide bonds. The average Bonchev–Trinajstić information content (AvgIpc) is 2.40. The molecule has 0 aromatic carbocycles. The highest BCUT2D eigenvalue weighted by Crippen LogP contribution is 2.15. The molecule has 2 aromatic heterocycles. The molecule has 92 valence electrons. The Balaban J connectivity index is 2.24. The van der Waals surface area contributed by atoms with Crippen LogP contribution < -0.4 is 4.90 Å². The highest BCUT2D eigenvalue weighted by molar-refractivity contribution is 5.90. The molecule has 2 aromatic rings. The summed E-state index contributed by atoms with van der Waals surface area (Å²) in [6, 6.07) is 3.74. The van der Waals surface area contributed by atoms with Gasteiger partial charge in [0, 0.05) is 38.4 Å². The quantitative estimate of drug-likeness (QED) is 0.870. The van der Waals surface area contributed by atoms with Gasteiger partial charge in [0.2, 0.25) is 0 Å². The van der Waals surface area contributed by atoms with Gasteiger partial charge in [0.15, 0.2) is 11.5 Å². The summed E-state index contributed by atoms with van der Waals surface area (Å²) in [4.78, 5) is 24.6. The number of carboxylic acids is 1. The molecule has 0 aliphatic rings. The number of aromatic carboxylic acids is 1. The van der Waals surface area contributed by atoms with Crippen molar-refractivity contribution in [3.8, 4) is 0 Å². The zero-order valence-corrected chi connectivity index (χ0v) is 9.82. The lowest BCUT2D eigenvalue weighted by Crippen LogP contribution is -2.21. The summed E-state index contributed by atoms with van der Waals surface area (Å²) in [6.07, 6.45) is 6.23. The van der Waals surface area contributed by atoms with Crippen molar-refractivity contribution in [3.05, 3.63) is 48.2 Å². The molecular weight excluding hydrogens is 232 g/mol. The molecule has 18 heavy (non-hydrogen) atoms. The average molecular weight is 244 g/mol. The van der Waals surface area contributed by atoms with Crippen molar-refractivity contribution in [1.29, 1.82) is 0 Å². The van der Waals surface area contributed by atoms with E-state index in [1.165, 1.54) is 12.4 Å². The van der Waals surface area contributed by atoms with Crippen molar-refractivity contribution >= 4 is 11.8 Å². The smallest absolute Gasteiger partial charge is 0.358 e. The Bertz CT molecular complexity index is 545. The molecular formula is C12H12N4O2. The number of hydrogen-bond donors (Lipinski definition) is 1. The Morgan fingerprint density at radius 1 is 1.22 bits per heavy atom. The second-order valence-electron chi connectivity index (χ2n) is 3.75. The summed E-state index contributed by atoms with van der Waals surface area (Å²) >= 11 is 0. The van der Waals surface area contributed by atoms with Crippen LogP contribution in [0.4, 0.5) is 5.82 Å². The molecule has 0 bridgehead atoms. The van der Waals surface area contributed by atoms with E-state index in [1.54, 1.807) is 24.3 Å². The van der Waals surface area contributed by atoms with Gasteiger partial charge in [-0.1, -0.05) is 0 Å². The van der Waals surface area contributed by atoms with E-state index >= 15 is 0 Å². The summed E-state index contributed by atoms with van der Waals surface area (Å²) in [5.74, 6) is -0.735. The summed E-state index contributed by atoms with van der Waals surface area (Å²) < 4.78 is 0. The summed E-state index contributed by atoms with van der Waals surface area (Å²) in [7, 11) is 1.77. The van der Waals surface area contributed by atoms with Crippen molar-refractivity contribution in [1.82, 2.24) is 15.0 Å². The second kappa shape index (κ2) is 5.22. The summed E-state index contributed by atoms with van der Waals surface area (Å²) in [5, 5.41) is 9.04. The number of hydrogen-bond acceptors (Lipinski definition) is 5. The van der Waals surface area contributed by atoms with Crippen molar-refractivity contribution in [2.45, 2.75) is 6.54 Å². The van der Waals surface area contributed by atoms with Gasteiger partial charge in [0.05, 0.1) is 0 Å². The molecule has 6 heteroatoms. The van der Waals surface area contributed by atoms with Gasteiger partial charge < -0.3 is 10.0 Å². The van der Waals surface area contributed by atoms with E-state index in [4.69, 9.17) is 5.11 Å². The Hall–Kier alpha value is -2.50. The van der Waals surface area contributed by atoms with Crippen molar-refractivity contribution in [2.75, 3.05) is 11.9 Å². The molecule has 0 radical (unpaired) electrons. The van der Waals surface area contributed by atoms with E-state index in [0.717, 1.165) is 5.56 Å². The van der Waals surface area contributed by atoms with Crippen molar-refractivity contribution < 1.29 is 9.90 Å². The first-order chi connectivity index (χ1) is 8.68. The van der Waals surface area contributed by atoms with Crippen LogP contribution in [0.1, 0.15) is 16.1 Å². The molecule has 0 atom stereocenters. The lowest BCUT2D eigenvalue weighted by Gasteiger charge is -2.18. The Labute approximate surface area is 104 Å². The van der Waals surface area contributed by atoms with Gasteiger partial charge in [-0.25, -0.2) is 14.8 Å². The second-order valence-corrected chi connectivity index (χ2v) is 3.75. The number of pyridine rings is 1. The number of anilines is 1. The minimum Gasteiger partial charge on any atom is -0.476 e. The normalized spacial score (nSPS) is 10.1. The Kier molecular flexibility index (Phi) is 3.47. The molecule has 1 N–H and O–H groups in total. The third-order valence-corrected chi connectivity index (χ3v) is 2.41. The van der Waals surface area contributed by atoms with E-state index in [9.17, 15) is 4.79 Å². The Morgan fingerprint density at radius 2 is 1.89 bits per heavy atom. The predicted octanol–water partition coefficient (Wildman–Crippen LogP) is 1.21. The molecule has 0 saturated heterocycles. The molecule has 2 heterocycles. The minimum atomic E-state index is -1.08. The van der Waals surface area contributed by atoms with Crippen LogP contribution in [0.3, 0.4) is 0 Å². The molecule has 2 rings (SSSR count). The molecule has 0 fully saturated rings. The van der Waals surface area contributed by atoms with E-state index in [1.807, 2.05) is 12.1 Å². The van der Waals surface area contributed by atoms with Gasteiger partial charge in [-0.05, 0) is 17.7 Å². The van der Waals surface area contributed by atoms with Crippen LogP contribution in [0.15, 0.2) is 36.9 Å². The molecule has 0 aliphatic carbocycles. The minimum absolute atomic E-state index is 0.0472. The maximum atomic E-state index is 11.0. The van der Waals surface area contributed by atoms with Crippen LogP contribution in [-0.4, -0.2) is 33.1 Å². The number of carbonyl (C=O) groups is 1. The predicted molar refractivity (Wildman–Crippen MR) is 65.3 cm³/mol. The van der Waals surface area contributed by atoms with E-state index in [-0.39, 0.29) is 5.69 Å². The van der Waals surface area contributed by atoms with Crippen LogP contribution in [0.25, 0.3) is 0 Å². The first-order valence-electron chi connectivity index (χ1n) is 5.33. The van der Waals surface area contributed by atoms with Crippen LogP contribution in [0.2, 0.25) is 0 Å². The third kappa shape index (κ3) is 2.60. The fourth-order valence-electron chi connectivity index (χ4n) is 1.60. The fraction of sp³-hybridized carbons (Fsp3) is 0.167. The molecule has 6 nitrogen and oxygen atoms in total. The van der Waals surface area contributed by atoms with Crippen LogP contribution in [0.5, 0.6) is 0 Å². The molecule has 0 aliphatic heterocycles. The van der Waals surface area contributed by atoms with Crippen LogP contribution in [-0.2, 0) is 6.54 Å². The SMILES string of the molecule is CN(Cc1ccncc1)c1nccnc1C(=O)O. The van der Waals surface area contributed by atoms with Gasteiger partial charge in [0.1, 0.15) is 0 Å². The first kappa shape index (κ1) is 12.0. The standard InChI is InChI=1S/C12H12N4O2/c1-16(8-9-2-4-13-5-3-9)11-10(12(17)18)14-6-7-15-11/h2-7H,8H2,1H3,(H,17,18). The van der Waals surface area contributed by atoms with Crippen molar-refractivity contribution in [3.63, 3.8) is 0 Å². The van der Waals surface area contributed by atoms with Gasteiger partial charge in [-0.3, -0.25) is 4.98 Å². The number of aromatic nitrogens is 3. The Morgan fingerprint density at radius 3 is 2.56 bits per heavy atom. The third-order valence-electron chi connectivity index (χ3n) is 2.41. The van der Waals surface area contributed by atoms with E-state index in [2.05, 4.69) is 15.0 Å². The molecule has 0 spiro atoms. The molecule has 0 unspecified atom stereocenters. The largest absolute Gasteiger partial charge is 0.476 e. The van der Waals surface area contributed by atoms with E-state index < -0.39 is 5.97 Å². The molecule has 0 saturated carbocycles. The van der Waals surface area contributed by atoms with E-state index in [0.29, 0.717) is 12.4 Å².